The Morgan fingerprint density at radius 2 is 1.30 bits per heavy atom. The molecule has 0 radical (unpaired) electrons. The van der Waals surface area contributed by atoms with E-state index < -0.39 is 5.97 Å². The predicted octanol–water partition coefficient (Wildman–Crippen LogP) is 4.38. The van der Waals surface area contributed by atoms with Crippen molar-refractivity contribution in [1.29, 1.82) is 0 Å². The zero-order valence-corrected chi connectivity index (χ0v) is 16.3. The molecule has 2 N–H and O–H groups in total. The third-order valence-electron chi connectivity index (χ3n) is 4.70. The van der Waals surface area contributed by atoms with Crippen molar-refractivity contribution in [2.45, 2.75) is 0 Å². The standard InChI is InChI=1S/C23H18N2O5/c1-29-15-7-3-5-13(9-15)21-22(14-6-4-8-16(10-14)30-2)25-19-12-20(26)17(23(27)28)11-18(19)24-21/h3-12,26H,1-2H3,(H,27,28). The minimum atomic E-state index is -1.24. The number of aromatic carboxylic acids is 1. The zero-order chi connectivity index (χ0) is 21.3. The number of carboxylic acids is 1. The van der Waals surface area contributed by atoms with Crippen molar-refractivity contribution >= 4 is 17.0 Å². The van der Waals surface area contributed by atoms with E-state index in [4.69, 9.17) is 19.4 Å². The number of aromatic nitrogens is 2. The Morgan fingerprint density at radius 3 is 1.77 bits per heavy atom. The Bertz CT molecular complexity index is 1270. The quantitative estimate of drug-likeness (QED) is 0.511. The van der Waals surface area contributed by atoms with E-state index in [0.717, 1.165) is 11.1 Å². The number of nitrogens with zero attached hydrogens (tertiary/aromatic N) is 2. The number of ether oxygens (including phenoxy) is 2. The van der Waals surface area contributed by atoms with Gasteiger partial charge in [0, 0.05) is 17.2 Å². The van der Waals surface area contributed by atoms with E-state index in [0.29, 0.717) is 33.9 Å². The second-order valence-corrected chi connectivity index (χ2v) is 6.55. The summed E-state index contributed by atoms with van der Waals surface area (Å²) in [5, 5.41) is 19.4. The molecule has 4 aromatic rings. The van der Waals surface area contributed by atoms with Crippen LogP contribution >= 0.6 is 0 Å². The Hall–Kier alpha value is -4.13. The van der Waals surface area contributed by atoms with Crippen molar-refractivity contribution in [2.75, 3.05) is 14.2 Å². The van der Waals surface area contributed by atoms with Crippen molar-refractivity contribution in [3.05, 3.63) is 66.2 Å². The van der Waals surface area contributed by atoms with Gasteiger partial charge in [-0.15, -0.1) is 0 Å². The first kappa shape index (κ1) is 19.2. The molecule has 0 saturated carbocycles. The largest absolute Gasteiger partial charge is 0.507 e. The van der Waals surface area contributed by atoms with Crippen LogP contribution in [0.4, 0.5) is 0 Å². The van der Waals surface area contributed by atoms with Crippen molar-refractivity contribution in [3.8, 4) is 39.8 Å². The number of benzene rings is 3. The monoisotopic (exact) mass is 402 g/mol. The van der Waals surface area contributed by atoms with Crippen molar-refractivity contribution in [2.24, 2.45) is 0 Å². The number of fused-ring (bicyclic) bond motifs is 1. The van der Waals surface area contributed by atoms with Gasteiger partial charge in [-0.2, -0.15) is 0 Å². The molecule has 0 aliphatic heterocycles. The van der Waals surface area contributed by atoms with Gasteiger partial charge in [-0.3, -0.25) is 0 Å². The first-order chi connectivity index (χ1) is 14.5. The Balaban J connectivity index is 2.03. The third kappa shape index (κ3) is 3.48. The van der Waals surface area contributed by atoms with Gasteiger partial charge in [-0.25, -0.2) is 14.8 Å². The van der Waals surface area contributed by atoms with Gasteiger partial charge in [-0.1, -0.05) is 24.3 Å². The van der Waals surface area contributed by atoms with E-state index in [1.807, 2.05) is 48.5 Å². The molecule has 0 amide bonds. The molecule has 0 aliphatic rings. The van der Waals surface area contributed by atoms with Crippen LogP contribution < -0.4 is 9.47 Å². The van der Waals surface area contributed by atoms with Gasteiger partial charge in [0.15, 0.2) is 0 Å². The van der Waals surface area contributed by atoms with Crippen LogP contribution in [0.1, 0.15) is 10.4 Å². The number of carbonyl (C=O) groups is 1. The summed E-state index contributed by atoms with van der Waals surface area (Å²) in [7, 11) is 3.16. The Labute approximate surface area is 172 Å². The average Bonchev–Trinajstić information content (AvgIpc) is 2.77. The SMILES string of the molecule is COc1cccc(-c2nc3cc(O)c(C(=O)O)cc3nc2-c2cccc(OC)c2)c1. The summed E-state index contributed by atoms with van der Waals surface area (Å²) >= 11 is 0. The molecule has 1 aromatic heterocycles. The highest BCUT2D eigenvalue weighted by Crippen LogP contribution is 2.35. The van der Waals surface area contributed by atoms with Gasteiger partial charge < -0.3 is 19.7 Å². The second kappa shape index (κ2) is 7.71. The van der Waals surface area contributed by atoms with Crippen LogP contribution in [-0.2, 0) is 0 Å². The number of aromatic hydroxyl groups is 1. The van der Waals surface area contributed by atoms with Crippen molar-refractivity contribution < 1.29 is 24.5 Å². The van der Waals surface area contributed by atoms with Gasteiger partial charge in [0.25, 0.3) is 0 Å². The first-order valence-electron chi connectivity index (χ1n) is 9.07. The molecular weight excluding hydrogens is 384 g/mol. The molecular formula is C23H18N2O5. The number of rotatable bonds is 5. The lowest BCUT2D eigenvalue weighted by molar-refractivity contribution is 0.0694. The predicted molar refractivity (Wildman–Crippen MR) is 112 cm³/mol. The normalized spacial score (nSPS) is 10.7. The van der Waals surface area contributed by atoms with Gasteiger partial charge >= 0.3 is 5.97 Å². The highest BCUT2D eigenvalue weighted by atomic mass is 16.5. The van der Waals surface area contributed by atoms with Crippen molar-refractivity contribution in [1.82, 2.24) is 9.97 Å². The summed E-state index contributed by atoms with van der Waals surface area (Å²) in [4.78, 5) is 20.8. The van der Waals surface area contributed by atoms with Gasteiger partial charge in [0.05, 0.1) is 36.6 Å². The molecule has 150 valence electrons. The molecule has 0 atom stereocenters. The Kier molecular flexibility index (Phi) is 4.93. The molecule has 0 aliphatic carbocycles. The second-order valence-electron chi connectivity index (χ2n) is 6.55. The molecule has 0 unspecified atom stereocenters. The van der Waals surface area contributed by atoms with E-state index in [2.05, 4.69) is 0 Å². The number of phenols is 1. The van der Waals surface area contributed by atoms with E-state index in [1.165, 1.54) is 12.1 Å². The molecule has 0 spiro atoms. The zero-order valence-electron chi connectivity index (χ0n) is 16.3. The average molecular weight is 402 g/mol. The molecule has 3 aromatic carbocycles. The maximum atomic E-state index is 11.4. The lowest BCUT2D eigenvalue weighted by atomic mass is 10.0. The number of carboxylic acid groups (broad SMARTS) is 1. The summed E-state index contributed by atoms with van der Waals surface area (Å²) in [5.74, 6) is -0.288. The van der Waals surface area contributed by atoms with Gasteiger partial charge in [-0.05, 0) is 30.3 Å². The molecule has 4 rings (SSSR count). The summed E-state index contributed by atoms with van der Waals surface area (Å²) in [5.41, 5.74) is 3.14. The summed E-state index contributed by atoms with van der Waals surface area (Å²) in [6, 6.07) is 17.4. The molecule has 1 heterocycles. The number of hydrogen-bond acceptors (Lipinski definition) is 6. The van der Waals surface area contributed by atoms with Crippen LogP contribution in [0.2, 0.25) is 0 Å². The first-order valence-corrected chi connectivity index (χ1v) is 9.07. The minimum absolute atomic E-state index is 0.234. The lowest BCUT2D eigenvalue weighted by Gasteiger charge is -2.13. The molecule has 30 heavy (non-hydrogen) atoms. The molecule has 0 fully saturated rings. The summed E-state index contributed by atoms with van der Waals surface area (Å²) in [6.45, 7) is 0. The fraction of sp³-hybridized carbons (Fsp3) is 0.0870. The van der Waals surface area contributed by atoms with Crippen LogP contribution in [-0.4, -0.2) is 40.4 Å². The van der Waals surface area contributed by atoms with Crippen LogP contribution in [0.15, 0.2) is 60.7 Å². The van der Waals surface area contributed by atoms with Gasteiger partial charge in [0.2, 0.25) is 0 Å². The minimum Gasteiger partial charge on any atom is -0.507 e. The van der Waals surface area contributed by atoms with Crippen molar-refractivity contribution in [3.63, 3.8) is 0 Å². The summed E-state index contributed by atoms with van der Waals surface area (Å²) in [6.07, 6.45) is 0. The smallest absolute Gasteiger partial charge is 0.339 e. The van der Waals surface area contributed by atoms with E-state index in [1.54, 1.807) is 14.2 Å². The van der Waals surface area contributed by atoms with Crippen LogP contribution in [0.25, 0.3) is 33.5 Å². The van der Waals surface area contributed by atoms with E-state index in [-0.39, 0.29) is 11.3 Å². The molecule has 0 bridgehead atoms. The van der Waals surface area contributed by atoms with Crippen LogP contribution in [0, 0.1) is 0 Å². The maximum Gasteiger partial charge on any atom is 0.339 e. The van der Waals surface area contributed by atoms with Gasteiger partial charge in [0.1, 0.15) is 22.8 Å². The Morgan fingerprint density at radius 1 is 0.800 bits per heavy atom. The van der Waals surface area contributed by atoms with Crippen LogP contribution in [0.3, 0.4) is 0 Å². The maximum absolute atomic E-state index is 11.4. The fourth-order valence-electron chi connectivity index (χ4n) is 3.21. The molecule has 7 nitrogen and oxygen atoms in total. The number of hydrogen-bond donors (Lipinski definition) is 2. The molecule has 0 saturated heterocycles. The topological polar surface area (TPSA) is 102 Å². The summed E-state index contributed by atoms with van der Waals surface area (Å²) < 4.78 is 10.7. The number of methoxy groups -OCH3 is 2. The third-order valence-corrected chi connectivity index (χ3v) is 4.70. The highest BCUT2D eigenvalue weighted by Gasteiger charge is 2.18. The van der Waals surface area contributed by atoms with Crippen LogP contribution in [0.5, 0.6) is 17.2 Å². The van der Waals surface area contributed by atoms with E-state index in [9.17, 15) is 15.0 Å². The molecule has 7 heteroatoms. The lowest BCUT2D eigenvalue weighted by Crippen LogP contribution is -2.00. The van der Waals surface area contributed by atoms with E-state index >= 15 is 0 Å². The fourth-order valence-corrected chi connectivity index (χ4v) is 3.21. The highest BCUT2D eigenvalue weighted by molar-refractivity contribution is 5.97.